The molecule has 0 saturated heterocycles. The molecule has 0 N–H and O–H groups in total. The smallest absolute Gasteiger partial charge is 0.171 e. The molecule has 1 aromatic heterocycles. The fourth-order valence-corrected chi connectivity index (χ4v) is 2.51. The summed E-state index contributed by atoms with van der Waals surface area (Å²) in [6.45, 7) is 2.06. The van der Waals surface area contributed by atoms with Gasteiger partial charge in [0.15, 0.2) is 5.78 Å². The molecule has 0 radical (unpaired) electrons. The molecule has 0 amide bonds. The Morgan fingerprint density at radius 3 is 2.56 bits per heavy atom. The molecule has 0 aliphatic carbocycles. The number of ketones is 1. The van der Waals surface area contributed by atoms with Gasteiger partial charge in [-0.3, -0.25) is 4.79 Å². The molecule has 0 aliphatic heterocycles. The lowest BCUT2D eigenvalue weighted by molar-refractivity contribution is 0.0958. The maximum Gasteiger partial charge on any atom is 0.171 e. The average molecular weight is 230 g/mol. The van der Waals surface area contributed by atoms with Crippen LogP contribution in [0.4, 0.5) is 0 Å². The van der Waals surface area contributed by atoms with Gasteiger partial charge in [-0.2, -0.15) is 11.3 Å². The van der Waals surface area contributed by atoms with Crippen LogP contribution in [0.15, 0.2) is 47.2 Å². The third-order valence-electron chi connectivity index (χ3n) is 2.73. The fourth-order valence-electron chi connectivity index (χ4n) is 1.86. The van der Waals surface area contributed by atoms with Gasteiger partial charge >= 0.3 is 0 Å². The van der Waals surface area contributed by atoms with E-state index in [-0.39, 0.29) is 11.7 Å². The van der Waals surface area contributed by atoms with Crippen molar-refractivity contribution in [2.75, 3.05) is 0 Å². The molecule has 1 aromatic carbocycles. The lowest BCUT2D eigenvalue weighted by Gasteiger charge is -2.12. The van der Waals surface area contributed by atoms with Gasteiger partial charge in [-0.25, -0.2) is 0 Å². The van der Waals surface area contributed by atoms with Gasteiger partial charge in [0.05, 0.1) is 0 Å². The van der Waals surface area contributed by atoms with Crippen molar-refractivity contribution in [2.24, 2.45) is 0 Å². The Kier molecular flexibility index (Phi) is 3.52. The summed E-state index contributed by atoms with van der Waals surface area (Å²) in [5.74, 6) is 0.228. The number of hydrogen-bond donors (Lipinski definition) is 0. The Morgan fingerprint density at radius 1 is 1.25 bits per heavy atom. The zero-order valence-corrected chi connectivity index (χ0v) is 10.0. The average Bonchev–Trinajstić information content (AvgIpc) is 2.85. The van der Waals surface area contributed by atoms with Crippen molar-refractivity contribution in [3.05, 3.63) is 58.3 Å². The molecule has 0 spiro atoms. The minimum absolute atomic E-state index is 0.00389. The van der Waals surface area contributed by atoms with E-state index in [9.17, 15) is 4.79 Å². The Morgan fingerprint density at radius 2 is 2.00 bits per heavy atom. The first-order valence-corrected chi connectivity index (χ1v) is 6.38. The summed E-state index contributed by atoms with van der Waals surface area (Å²) >= 11 is 1.57. The first kappa shape index (κ1) is 11.1. The minimum Gasteiger partial charge on any atom is -0.293 e. The maximum absolute atomic E-state index is 12.2. The number of hydrogen-bond acceptors (Lipinski definition) is 2. The van der Waals surface area contributed by atoms with E-state index in [0.717, 1.165) is 17.5 Å². The van der Waals surface area contributed by atoms with Crippen molar-refractivity contribution in [3.8, 4) is 0 Å². The predicted molar refractivity (Wildman–Crippen MR) is 68.1 cm³/mol. The van der Waals surface area contributed by atoms with Crippen LogP contribution in [0.3, 0.4) is 0 Å². The minimum atomic E-state index is -0.00389. The van der Waals surface area contributed by atoms with Gasteiger partial charge in [0.1, 0.15) is 0 Å². The fraction of sp³-hybridized carbons (Fsp3) is 0.214. The normalized spacial score (nSPS) is 12.3. The monoisotopic (exact) mass is 230 g/mol. The van der Waals surface area contributed by atoms with Crippen LogP contribution < -0.4 is 0 Å². The molecule has 0 bridgehead atoms. The molecule has 16 heavy (non-hydrogen) atoms. The molecular weight excluding hydrogens is 216 g/mol. The second-order valence-corrected chi connectivity index (χ2v) is 4.53. The SMILES string of the molecule is CCC(C(=O)c1ccsc1)c1ccccc1. The van der Waals surface area contributed by atoms with Crippen LogP contribution >= 0.6 is 11.3 Å². The Hall–Kier alpha value is -1.41. The standard InChI is InChI=1S/C14H14OS/c1-2-13(11-6-4-3-5-7-11)14(15)12-8-9-16-10-12/h3-10,13H,2H2,1H3. The highest BCUT2D eigenvalue weighted by atomic mass is 32.1. The molecule has 2 aromatic rings. The van der Waals surface area contributed by atoms with E-state index in [1.54, 1.807) is 11.3 Å². The van der Waals surface area contributed by atoms with E-state index in [1.165, 1.54) is 0 Å². The van der Waals surface area contributed by atoms with Crippen LogP contribution in [0, 0.1) is 0 Å². The highest BCUT2D eigenvalue weighted by Gasteiger charge is 2.19. The van der Waals surface area contributed by atoms with Crippen molar-refractivity contribution in [1.29, 1.82) is 0 Å². The van der Waals surface area contributed by atoms with Crippen molar-refractivity contribution < 1.29 is 4.79 Å². The molecular formula is C14H14OS. The lowest BCUT2D eigenvalue weighted by atomic mass is 9.90. The third kappa shape index (κ3) is 2.22. The molecule has 1 nitrogen and oxygen atoms in total. The van der Waals surface area contributed by atoms with E-state index in [1.807, 2.05) is 47.2 Å². The van der Waals surface area contributed by atoms with Gasteiger partial charge in [-0.15, -0.1) is 0 Å². The molecule has 2 rings (SSSR count). The molecule has 2 heteroatoms. The second kappa shape index (κ2) is 5.08. The first-order valence-electron chi connectivity index (χ1n) is 5.44. The number of carbonyl (C=O) groups is 1. The summed E-state index contributed by atoms with van der Waals surface area (Å²) in [6, 6.07) is 11.9. The quantitative estimate of drug-likeness (QED) is 0.722. The lowest BCUT2D eigenvalue weighted by Crippen LogP contribution is -2.11. The van der Waals surface area contributed by atoms with Gasteiger partial charge < -0.3 is 0 Å². The van der Waals surface area contributed by atoms with Gasteiger partial charge in [0.25, 0.3) is 0 Å². The number of benzene rings is 1. The van der Waals surface area contributed by atoms with Gasteiger partial charge in [0.2, 0.25) is 0 Å². The first-order chi connectivity index (χ1) is 7.83. The zero-order chi connectivity index (χ0) is 11.4. The predicted octanol–water partition coefficient (Wildman–Crippen LogP) is 4.12. The van der Waals surface area contributed by atoms with Gasteiger partial charge in [0, 0.05) is 16.9 Å². The molecule has 1 heterocycles. The summed E-state index contributed by atoms with van der Waals surface area (Å²) in [5, 5.41) is 3.87. The van der Waals surface area contributed by atoms with E-state index >= 15 is 0 Å². The highest BCUT2D eigenvalue weighted by Crippen LogP contribution is 2.24. The molecule has 1 atom stereocenters. The number of thiophene rings is 1. The van der Waals surface area contributed by atoms with Crippen LogP contribution in [0.2, 0.25) is 0 Å². The van der Waals surface area contributed by atoms with Gasteiger partial charge in [-0.1, -0.05) is 37.3 Å². The van der Waals surface area contributed by atoms with Crippen LogP contribution in [-0.2, 0) is 0 Å². The number of Topliss-reactive ketones (excluding diaryl/α,β-unsaturated/α-hetero) is 1. The van der Waals surface area contributed by atoms with Crippen LogP contribution in [0.5, 0.6) is 0 Å². The largest absolute Gasteiger partial charge is 0.293 e. The van der Waals surface area contributed by atoms with E-state index in [2.05, 4.69) is 6.92 Å². The zero-order valence-electron chi connectivity index (χ0n) is 9.22. The Bertz CT molecular complexity index is 445. The molecule has 82 valence electrons. The van der Waals surface area contributed by atoms with Crippen LogP contribution in [0.25, 0.3) is 0 Å². The van der Waals surface area contributed by atoms with Crippen molar-refractivity contribution >= 4 is 17.1 Å². The van der Waals surface area contributed by atoms with E-state index in [0.29, 0.717) is 0 Å². The van der Waals surface area contributed by atoms with Crippen LogP contribution in [0.1, 0.15) is 35.2 Å². The molecule has 0 aliphatic rings. The maximum atomic E-state index is 12.2. The summed E-state index contributed by atoms with van der Waals surface area (Å²) in [6.07, 6.45) is 0.846. The Balaban J connectivity index is 2.27. The number of carbonyl (C=O) groups excluding carboxylic acids is 1. The van der Waals surface area contributed by atoms with Gasteiger partial charge in [-0.05, 0) is 23.4 Å². The highest BCUT2D eigenvalue weighted by molar-refractivity contribution is 7.08. The van der Waals surface area contributed by atoms with Crippen molar-refractivity contribution in [1.82, 2.24) is 0 Å². The van der Waals surface area contributed by atoms with Crippen LogP contribution in [-0.4, -0.2) is 5.78 Å². The van der Waals surface area contributed by atoms with E-state index < -0.39 is 0 Å². The summed E-state index contributed by atoms with van der Waals surface area (Å²) < 4.78 is 0. The number of rotatable bonds is 4. The summed E-state index contributed by atoms with van der Waals surface area (Å²) in [5.41, 5.74) is 1.95. The third-order valence-corrected chi connectivity index (χ3v) is 3.42. The molecule has 0 fully saturated rings. The topological polar surface area (TPSA) is 17.1 Å². The summed E-state index contributed by atoms with van der Waals surface area (Å²) in [7, 11) is 0. The van der Waals surface area contributed by atoms with Crippen molar-refractivity contribution in [2.45, 2.75) is 19.3 Å². The van der Waals surface area contributed by atoms with Crippen molar-refractivity contribution in [3.63, 3.8) is 0 Å². The molecule has 0 saturated carbocycles. The molecule has 1 unspecified atom stereocenters. The summed E-state index contributed by atoms with van der Waals surface area (Å²) in [4.78, 5) is 12.2. The second-order valence-electron chi connectivity index (χ2n) is 3.75. The van der Waals surface area contributed by atoms with E-state index in [4.69, 9.17) is 0 Å². The Labute approximate surface area is 99.8 Å².